The van der Waals surface area contributed by atoms with E-state index in [-0.39, 0.29) is 5.60 Å². The summed E-state index contributed by atoms with van der Waals surface area (Å²) in [5.41, 5.74) is 6.17. The van der Waals surface area contributed by atoms with Crippen LogP contribution in [0.4, 0.5) is 11.5 Å². The lowest BCUT2D eigenvalue weighted by Crippen LogP contribution is -2.26. The first-order chi connectivity index (χ1) is 8.73. The van der Waals surface area contributed by atoms with Gasteiger partial charge in [-0.2, -0.15) is 4.98 Å². The number of hydrogen-bond donors (Lipinski definition) is 2. The molecule has 0 aliphatic carbocycles. The molecule has 0 radical (unpaired) electrons. The first-order valence-corrected chi connectivity index (χ1v) is 6.95. The molecule has 1 unspecified atom stereocenters. The van der Waals surface area contributed by atoms with Crippen molar-refractivity contribution in [2.75, 3.05) is 11.1 Å². The van der Waals surface area contributed by atoms with E-state index in [2.05, 4.69) is 31.1 Å². The Morgan fingerprint density at radius 2 is 1.95 bits per heavy atom. The van der Waals surface area contributed by atoms with Gasteiger partial charge in [-0.25, -0.2) is 0 Å². The summed E-state index contributed by atoms with van der Waals surface area (Å²) in [6, 6.07) is 4.14. The highest BCUT2D eigenvalue weighted by Crippen LogP contribution is 2.25. The Hall–Kier alpha value is -1.45. The Bertz CT molecular complexity index is 410. The van der Waals surface area contributed by atoms with Crippen molar-refractivity contribution in [3.63, 3.8) is 0 Å². The number of nitrogen functional groups attached to an aromatic ring is 1. The predicted octanol–water partition coefficient (Wildman–Crippen LogP) is 3.69. The van der Waals surface area contributed by atoms with Crippen LogP contribution in [-0.4, -0.2) is 16.6 Å². The van der Waals surface area contributed by atoms with Crippen LogP contribution in [0.25, 0.3) is 0 Å². The SMILES string of the molecule is CCC(Nc1ccc(N)c(OC(C)(C)C)n1)C(C)C. The molecule has 1 aromatic heterocycles. The summed E-state index contributed by atoms with van der Waals surface area (Å²) in [5, 5.41) is 3.43. The molecule has 3 N–H and O–H groups in total. The molecule has 0 bridgehead atoms. The number of pyridine rings is 1. The van der Waals surface area contributed by atoms with Gasteiger partial charge in [0.05, 0.1) is 5.69 Å². The van der Waals surface area contributed by atoms with Gasteiger partial charge in [-0.05, 0) is 45.2 Å². The van der Waals surface area contributed by atoms with Crippen molar-refractivity contribution >= 4 is 11.5 Å². The minimum atomic E-state index is -0.304. The van der Waals surface area contributed by atoms with Crippen LogP contribution in [0, 0.1) is 5.92 Å². The molecule has 0 aromatic carbocycles. The highest BCUT2D eigenvalue weighted by Gasteiger charge is 2.17. The molecule has 0 saturated carbocycles. The van der Waals surface area contributed by atoms with Gasteiger partial charge >= 0.3 is 0 Å². The number of rotatable bonds is 5. The van der Waals surface area contributed by atoms with Gasteiger partial charge in [-0.1, -0.05) is 20.8 Å². The lowest BCUT2D eigenvalue weighted by Gasteiger charge is -2.24. The maximum Gasteiger partial charge on any atom is 0.239 e. The summed E-state index contributed by atoms with van der Waals surface area (Å²) in [6.07, 6.45) is 1.05. The number of hydrogen-bond acceptors (Lipinski definition) is 4. The van der Waals surface area contributed by atoms with E-state index in [1.807, 2.05) is 32.9 Å². The van der Waals surface area contributed by atoms with E-state index in [4.69, 9.17) is 10.5 Å². The highest BCUT2D eigenvalue weighted by atomic mass is 16.5. The smallest absolute Gasteiger partial charge is 0.239 e. The fraction of sp³-hybridized carbons (Fsp3) is 0.667. The molecule has 1 heterocycles. The molecule has 1 aromatic rings. The van der Waals surface area contributed by atoms with Crippen LogP contribution in [0.5, 0.6) is 5.88 Å². The number of anilines is 2. The van der Waals surface area contributed by atoms with Crippen LogP contribution in [-0.2, 0) is 0 Å². The lowest BCUT2D eigenvalue weighted by molar-refractivity contribution is 0.125. The third-order valence-electron chi connectivity index (χ3n) is 2.87. The zero-order valence-electron chi connectivity index (χ0n) is 12.9. The molecule has 4 nitrogen and oxygen atoms in total. The molecule has 0 aliphatic heterocycles. The molecule has 0 spiro atoms. The van der Waals surface area contributed by atoms with Gasteiger partial charge in [0, 0.05) is 6.04 Å². The largest absolute Gasteiger partial charge is 0.470 e. The standard InChI is InChI=1S/C15H27N3O/c1-7-12(10(2)3)17-13-9-8-11(16)14(18-13)19-15(4,5)6/h8-10,12H,7,16H2,1-6H3,(H,17,18). The second kappa shape index (κ2) is 6.13. The molecule has 1 rings (SSSR count). The maximum atomic E-state index is 5.90. The molecule has 0 saturated heterocycles. The summed E-state index contributed by atoms with van der Waals surface area (Å²) in [6.45, 7) is 12.5. The lowest BCUT2D eigenvalue weighted by atomic mass is 10.0. The van der Waals surface area contributed by atoms with Crippen molar-refractivity contribution in [3.05, 3.63) is 12.1 Å². The normalized spacial score (nSPS) is 13.4. The zero-order valence-corrected chi connectivity index (χ0v) is 12.9. The van der Waals surface area contributed by atoms with E-state index in [9.17, 15) is 0 Å². The maximum absolute atomic E-state index is 5.90. The van der Waals surface area contributed by atoms with Crippen LogP contribution >= 0.6 is 0 Å². The molecule has 0 aliphatic rings. The Labute approximate surface area is 116 Å². The molecule has 4 heteroatoms. The second-order valence-corrected chi connectivity index (χ2v) is 6.21. The zero-order chi connectivity index (χ0) is 14.6. The number of nitrogens with two attached hydrogens (primary N) is 1. The van der Waals surface area contributed by atoms with Crippen molar-refractivity contribution in [1.29, 1.82) is 0 Å². The van der Waals surface area contributed by atoms with Gasteiger partial charge in [0.2, 0.25) is 5.88 Å². The molecular weight excluding hydrogens is 238 g/mol. The van der Waals surface area contributed by atoms with Crippen molar-refractivity contribution in [1.82, 2.24) is 4.98 Å². The van der Waals surface area contributed by atoms with E-state index in [0.717, 1.165) is 12.2 Å². The molecule has 0 fully saturated rings. The summed E-state index contributed by atoms with van der Waals surface area (Å²) in [4.78, 5) is 4.47. The Morgan fingerprint density at radius 3 is 2.42 bits per heavy atom. The third kappa shape index (κ3) is 4.97. The summed E-state index contributed by atoms with van der Waals surface area (Å²) < 4.78 is 5.77. The average Bonchev–Trinajstić information content (AvgIpc) is 2.27. The van der Waals surface area contributed by atoms with Gasteiger partial charge in [-0.15, -0.1) is 0 Å². The van der Waals surface area contributed by atoms with E-state index < -0.39 is 0 Å². The van der Waals surface area contributed by atoms with Crippen molar-refractivity contribution in [2.45, 2.75) is 59.6 Å². The minimum Gasteiger partial charge on any atom is -0.470 e. The van der Waals surface area contributed by atoms with E-state index in [1.54, 1.807) is 0 Å². The number of aromatic nitrogens is 1. The van der Waals surface area contributed by atoms with E-state index in [1.165, 1.54) is 0 Å². The minimum absolute atomic E-state index is 0.304. The topological polar surface area (TPSA) is 60.2 Å². The highest BCUT2D eigenvalue weighted by molar-refractivity contribution is 5.54. The van der Waals surface area contributed by atoms with Crippen molar-refractivity contribution in [2.24, 2.45) is 5.92 Å². The summed E-state index contributed by atoms with van der Waals surface area (Å²) in [5.74, 6) is 1.86. The quantitative estimate of drug-likeness (QED) is 0.852. The number of nitrogens with one attached hydrogen (secondary N) is 1. The molecule has 19 heavy (non-hydrogen) atoms. The first-order valence-electron chi connectivity index (χ1n) is 6.95. The molecule has 108 valence electrons. The molecule has 1 atom stereocenters. The van der Waals surface area contributed by atoms with E-state index >= 15 is 0 Å². The van der Waals surface area contributed by atoms with Crippen molar-refractivity contribution < 1.29 is 4.74 Å². The molecule has 0 amide bonds. The van der Waals surface area contributed by atoms with Crippen LogP contribution in [0.3, 0.4) is 0 Å². The van der Waals surface area contributed by atoms with Crippen LogP contribution < -0.4 is 15.8 Å². The third-order valence-corrected chi connectivity index (χ3v) is 2.87. The fourth-order valence-corrected chi connectivity index (χ4v) is 1.83. The van der Waals surface area contributed by atoms with Crippen LogP contribution in [0.15, 0.2) is 12.1 Å². The Morgan fingerprint density at radius 1 is 1.32 bits per heavy atom. The van der Waals surface area contributed by atoms with Gasteiger partial charge in [0.15, 0.2) is 0 Å². The monoisotopic (exact) mass is 265 g/mol. The molecular formula is C15H27N3O. The summed E-state index contributed by atoms with van der Waals surface area (Å²) >= 11 is 0. The first kappa shape index (κ1) is 15.6. The van der Waals surface area contributed by atoms with Gasteiger partial charge < -0.3 is 15.8 Å². The average molecular weight is 265 g/mol. The van der Waals surface area contributed by atoms with Gasteiger partial charge in [0.25, 0.3) is 0 Å². The van der Waals surface area contributed by atoms with Crippen LogP contribution in [0.1, 0.15) is 48.0 Å². The van der Waals surface area contributed by atoms with Gasteiger partial charge in [-0.3, -0.25) is 0 Å². The van der Waals surface area contributed by atoms with Crippen molar-refractivity contribution in [3.8, 4) is 5.88 Å². The predicted molar refractivity (Wildman–Crippen MR) is 81.6 cm³/mol. The number of nitrogens with zero attached hydrogens (tertiary/aromatic N) is 1. The Kier molecular flexibility index (Phi) is 5.04. The number of ether oxygens (including phenoxy) is 1. The van der Waals surface area contributed by atoms with Crippen LogP contribution in [0.2, 0.25) is 0 Å². The Balaban J connectivity index is 2.89. The fourth-order valence-electron chi connectivity index (χ4n) is 1.83. The van der Waals surface area contributed by atoms with E-state index in [0.29, 0.717) is 23.5 Å². The van der Waals surface area contributed by atoms with Gasteiger partial charge in [0.1, 0.15) is 11.4 Å². The summed E-state index contributed by atoms with van der Waals surface area (Å²) in [7, 11) is 0. The second-order valence-electron chi connectivity index (χ2n) is 6.21.